The summed E-state index contributed by atoms with van der Waals surface area (Å²) in [6.07, 6.45) is 3.27. The second-order valence-corrected chi connectivity index (χ2v) is 5.51. The molecule has 0 amide bonds. The molecule has 3 rings (SSSR count). The monoisotopic (exact) mass is 284 g/mol. The summed E-state index contributed by atoms with van der Waals surface area (Å²) in [4.78, 5) is 9.21. The van der Waals surface area contributed by atoms with Gasteiger partial charge in [0.2, 0.25) is 0 Å². The molecule has 1 aromatic carbocycles. The van der Waals surface area contributed by atoms with Crippen LogP contribution in [-0.2, 0) is 12.8 Å². The summed E-state index contributed by atoms with van der Waals surface area (Å²) in [5, 5.41) is 0. The fourth-order valence-electron chi connectivity index (χ4n) is 2.64. The van der Waals surface area contributed by atoms with E-state index in [-0.39, 0.29) is 6.10 Å². The SMILES string of the molecule is CC(C)Oc1ccc(-c2nc3c(c(NN)n2)CCC3)cc1. The second kappa shape index (κ2) is 5.69. The summed E-state index contributed by atoms with van der Waals surface area (Å²) in [5.74, 6) is 7.90. The van der Waals surface area contributed by atoms with E-state index in [4.69, 9.17) is 10.6 Å². The molecule has 1 aliphatic carbocycles. The molecule has 5 heteroatoms. The average molecular weight is 284 g/mol. The third-order valence-electron chi connectivity index (χ3n) is 3.55. The first-order valence-corrected chi connectivity index (χ1v) is 7.31. The van der Waals surface area contributed by atoms with Crippen LogP contribution in [0, 0.1) is 0 Å². The number of aryl methyl sites for hydroxylation is 1. The summed E-state index contributed by atoms with van der Waals surface area (Å²) in [6.45, 7) is 4.02. The summed E-state index contributed by atoms with van der Waals surface area (Å²) in [6, 6.07) is 7.85. The van der Waals surface area contributed by atoms with Gasteiger partial charge in [0.15, 0.2) is 5.82 Å². The molecule has 1 aliphatic rings. The highest BCUT2D eigenvalue weighted by Crippen LogP contribution is 2.29. The number of hydrogen-bond donors (Lipinski definition) is 2. The predicted molar refractivity (Wildman–Crippen MR) is 83.1 cm³/mol. The predicted octanol–water partition coefficient (Wildman–Crippen LogP) is 2.71. The van der Waals surface area contributed by atoms with Crippen LogP contribution in [-0.4, -0.2) is 16.1 Å². The van der Waals surface area contributed by atoms with E-state index in [9.17, 15) is 0 Å². The van der Waals surface area contributed by atoms with E-state index in [1.54, 1.807) is 0 Å². The van der Waals surface area contributed by atoms with Crippen LogP contribution in [0.1, 0.15) is 31.5 Å². The van der Waals surface area contributed by atoms with Crippen molar-refractivity contribution in [1.29, 1.82) is 0 Å². The maximum absolute atomic E-state index is 5.65. The third kappa shape index (κ3) is 2.83. The van der Waals surface area contributed by atoms with Crippen molar-refractivity contribution in [3.05, 3.63) is 35.5 Å². The van der Waals surface area contributed by atoms with Gasteiger partial charge in [0.25, 0.3) is 0 Å². The van der Waals surface area contributed by atoms with Gasteiger partial charge in [0.05, 0.1) is 6.10 Å². The highest BCUT2D eigenvalue weighted by molar-refractivity contribution is 5.61. The van der Waals surface area contributed by atoms with Crippen molar-refractivity contribution in [3.63, 3.8) is 0 Å². The van der Waals surface area contributed by atoms with Gasteiger partial charge in [0.1, 0.15) is 11.6 Å². The van der Waals surface area contributed by atoms with Gasteiger partial charge >= 0.3 is 0 Å². The van der Waals surface area contributed by atoms with E-state index in [1.807, 2.05) is 38.1 Å². The lowest BCUT2D eigenvalue weighted by Gasteiger charge is -2.11. The number of nitrogens with zero attached hydrogens (tertiary/aromatic N) is 2. The molecule has 0 spiro atoms. The molecule has 2 aromatic rings. The smallest absolute Gasteiger partial charge is 0.161 e. The second-order valence-electron chi connectivity index (χ2n) is 5.51. The molecule has 1 heterocycles. The topological polar surface area (TPSA) is 73.1 Å². The van der Waals surface area contributed by atoms with Crippen molar-refractivity contribution in [1.82, 2.24) is 9.97 Å². The van der Waals surface area contributed by atoms with Crippen molar-refractivity contribution < 1.29 is 4.74 Å². The number of anilines is 1. The normalized spacial score (nSPS) is 13.3. The van der Waals surface area contributed by atoms with Gasteiger partial charge in [-0.1, -0.05) is 0 Å². The quantitative estimate of drug-likeness (QED) is 0.667. The molecule has 0 saturated carbocycles. The first-order chi connectivity index (χ1) is 10.2. The van der Waals surface area contributed by atoms with Crippen LogP contribution in [0.15, 0.2) is 24.3 Å². The fraction of sp³-hybridized carbons (Fsp3) is 0.375. The average Bonchev–Trinajstić information content (AvgIpc) is 2.94. The van der Waals surface area contributed by atoms with Crippen LogP contribution in [0.25, 0.3) is 11.4 Å². The lowest BCUT2D eigenvalue weighted by atomic mass is 10.1. The fourth-order valence-corrected chi connectivity index (χ4v) is 2.64. The summed E-state index contributed by atoms with van der Waals surface area (Å²) < 4.78 is 5.65. The Labute approximate surface area is 124 Å². The standard InChI is InChI=1S/C16H20N4O/c1-10(2)21-12-8-6-11(7-9-12)15-18-14-5-3-4-13(14)16(19-15)20-17/h6-10H,3-5,17H2,1-2H3,(H,18,19,20). The molecule has 0 fully saturated rings. The summed E-state index contributed by atoms with van der Waals surface area (Å²) in [5.41, 5.74) is 5.93. The molecule has 5 nitrogen and oxygen atoms in total. The lowest BCUT2D eigenvalue weighted by molar-refractivity contribution is 0.242. The Bertz CT molecular complexity index is 637. The molecule has 21 heavy (non-hydrogen) atoms. The van der Waals surface area contributed by atoms with Gasteiger partial charge in [-0.2, -0.15) is 0 Å². The van der Waals surface area contributed by atoms with Crippen LogP contribution in [0.5, 0.6) is 5.75 Å². The zero-order chi connectivity index (χ0) is 14.8. The van der Waals surface area contributed by atoms with Crippen molar-refractivity contribution in [2.75, 3.05) is 5.43 Å². The molecule has 0 saturated heterocycles. The molecule has 0 aliphatic heterocycles. The van der Waals surface area contributed by atoms with Gasteiger partial charge in [0, 0.05) is 16.8 Å². The van der Waals surface area contributed by atoms with Gasteiger partial charge in [-0.25, -0.2) is 15.8 Å². The largest absolute Gasteiger partial charge is 0.491 e. The van der Waals surface area contributed by atoms with Gasteiger partial charge in [-0.3, -0.25) is 0 Å². The lowest BCUT2D eigenvalue weighted by Crippen LogP contribution is -2.12. The number of nitrogens with two attached hydrogens (primary N) is 1. The third-order valence-corrected chi connectivity index (χ3v) is 3.55. The summed E-state index contributed by atoms with van der Waals surface area (Å²) in [7, 11) is 0. The molecule has 0 radical (unpaired) electrons. The number of aromatic nitrogens is 2. The molecular weight excluding hydrogens is 264 g/mol. The molecule has 0 atom stereocenters. The zero-order valence-corrected chi connectivity index (χ0v) is 12.4. The zero-order valence-electron chi connectivity index (χ0n) is 12.4. The van der Waals surface area contributed by atoms with Crippen LogP contribution in [0.2, 0.25) is 0 Å². The van der Waals surface area contributed by atoms with Crippen molar-refractivity contribution in [2.24, 2.45) is 5.84 Å². The Kier molecular flexibility index (Phi) is 3.75. The van der Waals surface area contributed by atoms with Crippen LogP contribution >= 0.6 is 0 Å². The van der Waals surface area contributed by atoms with Gasteiger partial charge in [-0.05, 0) is 57.4 Å². The van der Waals surface area contributed by atoms with E-state index in [0.29, 0.717) is 5.82 Å². The van der Waals surface area contributed by atoms with E-state index in [0.717, 1.165) is 47.7 Å². The molecule has 1 aromatic heterocycles. The molecule has 0 unspecified atom stereocenters. The maximum Gasteiger partial charge on any atom is 0.161 e. The number of nitrogen functional groups attached to an aromatic ring is 1. The minimum Gasteiger partial charge on any atom is -0.491 e. The molecule has 110 valence electrons. The minimum absolute atomic E-state index is 0.167. The van der Waals surface area contributed by atoms with Crippen molar-refractivity contribution in [3.8, 4) is 17.1 Å². The number of nitrogens with one attached hydrogen (secondary N) is 1. The molecule has 3 N–H and O–H groups in total. The van der Waals surface area contributed by atoms with Crippen molar-refractivity contribution in [2.45, 2.75) is 39.2 Å². The van der Waals surface area contributed by atoms with Crippen LogP contribution < -0.4 is 16.0 Å². The first-order valence-electron chi connectivity index (χ1n) is 7.31. The van der Waals surface area contributed by atoms with Gasteiger partial charge < -0.3 is 10.2 Å². The number of ether oxygens (including phenoxy) is 1. The number of hydrazine groups is 1. The highest BCUT2D eigenvalue weighted by atomic mass is 16.5. The van der Waals surface area contributed by atoms with Gasteiger partial charge in [-0.15, -0.1) is 0 Å². The first kappa shape index (κ1) is 13.8. The minimum atomic E-state index is 0.167. The number of benzene rings is 1. The van der Waals surface area contributed by atoms with E-state index >= 15 is 0 Å². The van der Waals surface area contributed by atoms with E-state index < -0.39 is 0 Å². The van der Waals surface area contributed by atoms with E-state index in [2.05, 4.69) is 15.4 Å². The van der Waals surface area contributed by atoms with E-state index in [1.165, 1.54) is 0 Å². The Hall–Kier alpha value is -2.14. The Balaban J connectivity index is 1.93. The number of hydrogen-bond acceptors (Lipinski definition) is 5. The van der Waals surface area contributed by atoms with Crippen LogP contribution in [0.3, 0.4) is 0 Å². The highest BCUT2D eigenvalue weighted by Gasteiger charge is 2.19. The summed E-state index contributed by atoms with van der Waals surface area (Å²) >= 11 is 0. The van der Waals surface area contributed by atoms with Crippen LogP contribution in [0.4, 0.5) is 5.82 Å². The maximum atomic E-state index is 5.65. The Morgan fingerprint density at radius 1 is 1.14 bits per heavy atom. The molecular formula is C16H20N4O. The molecule has 0 bridgehead atoms. The number of fused-ring (bicyclic) bond motifs is 1. The van der Waals surface area contributed by atoms with Crippen molar-refractivity contribution >= 4 is 5.82 Å². The number of rotatable bonds is 4. The Morgan fingerprint density at radius 2 is 1.90 bits per heavy atom. The Morgan fingerprint density at radius 3 is 2.57 bits per heavy atom.